The highest BCUT2D eigenvalue weighted by Crippen LogP contribution is 2.10. The second-order valence-corrected chi connectivity index (χ2v) is 3.70. The minimum absolute atomic E-state index is 0.449. The second-order valence-electron chi connectivity index (χ2n) is 3.70. The Morgan fingerprint density at radius 1 is 1.44 bits per heavy atom. The molecule has 1 atom stereocenters. The van der Waals surface area contributed by atoms with Gasteiger partial charge in [-0.2, -0.15) is 0 Å². The second kappa shape index (κ2) is 6.67. The van der Waals surface area contributed by atoms with Crippen molar-refractivity contribution in [3.05, 3.63) is 72.7 Å². The Morgan fingerprint density at radius 3 is 2.94 bits per heavy atom. The summed E-state index contributed by atoms with van der Waals surface area (Å²) in [4.78, 5) is 0. The minimum Gasteiger partial charge on any atom is -0.356 e. The van der Waals surface area contributed by atoms with E-state index in [1.165, 1.54) is 0 Å². The van der Waals surface area contributed by atoms with Gasteiger partial charge in [0.05, 0.1) is 0 Å². The molecule has 1 rings (SSSR count). The normalized spacial score (nSPS) is 20.8. The minimum atomic E-state index is 0.449. The molecule has 0 radical (unpaired) electrons. The summed E-state index contributed by atoms with van der Waals surface area (Å²) in [6.45, 7) is 7.95. The zero-order valence-corrected chi connectivity index (χ0v) is 9.98. The van der Waals surface area contributed by atoms with Gasteiger partial charge in [-0.05, 0) is 31.1 Å². The molecule has 1 nitrogen and oxygen atoms in total. The predicted molar refractivity (Wildman–Crippen MR) is 71.8 cm³/mol. The van der Waals surface area contributed by atoms with Crippen LogP contribution in [0.3, 0.4) is 0 Å². The molecule has 0 aliphatic heterocycles. The zero-order chi connectivity index (χ0) is 11.8. The van der Waals surface area contributed by atoms with Crippen LogP contribution in [0.2, 0.25) is 0 Å². The first-order valence-electron chi connectivity index (χ1n) is 5.55. The quantitative estimate of drug-likeness (QED) is 0.699. The highest BCUT2D eigenvalue weighted by Gasteiger charge is 1.99. The standard InChI is InChI=1S/C15H19N/c1-4-6-10-14(5-2)16-15-11-8-7-9-13(3)12-15/h4-13,16H,2H2,1,3H3/b6-4-,14-10+. The number of rotatable bonds is 4. The van der Waals surface area contributed by atoms with Crippen LogP contribution in [-0.2, 0) is 0 Å². The van der Waals surface area contributed by atoms with Crippen molar-refractivity contribution in [3.8, 4) is 0 Å². The summed E-state index contributed by atoms with van der Waals surface area (Å²) in [7, 11) is 0. The summed E-state index contributed by atoms with van der Waals surface area (Å²) in [5.41, 5.74) is 2.11. The Hall–Kier alpha value is -1.76. The van der Waals surface area contributed by atoms with Gasteiger partial charge in [0.1, 0.15) is 0 Å². The van der Waals surface area contributed by atoms with Gasteiger partial charge in [0.2, 0.25) is 0 Å². The first-order valence-corrected chi connectivity index (χ1v) is 5.55. The number of hydrogen-bond acceptors (Lipinski definition) is 1. The van der Waals surface area contributed by atoms with E-state index in [0.717, 1.165) is 11.4 Å². The number of nitrogens with one attached hydrogen (secondary N) is 1. The summed E-state index contributed by atoms with van der Waals surface area (Å²) in [6.07, 6.45) is 18.3. The van der Waals surface area contributed by atoms with Gasteiger partial charge in [-0.1, -0.05) is 50.0 Å². The molecule has 0 amide bonds. The fourth-order valence-electron chi connectivity index (χ4n) is 1.40. The van der Waals surface area contributed by atoms with Crippen LogP contribution in [0, 0.1) is 5.92 Å². The van der Waals surface area contributed by atoms with Crippen LogP contribution in [0.15, 0.2) is 72.7 Å². The third-order valence-corrected chi connectivity index (χ3v) is 2.22. The van der Waals surface area contributed by atoms with Crippen molar-refractivity contribution in [1.82, 2.24) is 5.32 Å². The molecule has 1 N–H and O–H groups in total. The molecule has 0 saturated carbocycles. The molecule has 0 spiro atoms. The van der Waals surface area contributed by atoms with Crippen molar-refractivity contribution in [2.45, 2.75) is 13.8 Å². The molecule has 0 aromatic heterocycles. The molecular weight excluding hydrogens is 194 g/mol. The molecule has 1 aliphatic carbocycles. The van der Waals surface area contributed by atoms with Gasteiger partial charge in [-0.25, -0.2) is 0 Å². The number of hydrogen-bond donors (Lipinski definition) is 1. The molecule has 0 bridgehead atoms. The van der Waals surface area contributed by atoms with Crippen molar-refractivity contribution in [2.24, 2.45) is 5.92 Å². The largest absolute Gasteiger partial charge is 0.356 e. The Bertz CT molecular complexity index is 378. The van der Waals surface area contributed by atoms with Gasteiger partial charge >= 0.3 is 0 Å². The van der Waals surface area contributed by atoms with Crippen LogP contribution in [0.5, 0.6) is 0 Å². The SMILES string of the molecule is C=C/C(=C\C=C/C)NC1=CC(C)C=CC=C1. The summed E-state index contributed by atoms with van der Waals surface area (Å²) in [5.74, 6) is 0.449. The molecule has 84 valence electrons. The fraction of sp³-hybridized carbons (Fsp3) is 0.200. The third-order valence-electron chi connectivity index (χ3n) is 2.22. The predicted octanol–water partition coefficient (Wildman–Crippen LogP) is 3.87. The maximum Gasteiger partial charge on any atom is 0.0378 e. The van der Waals surface area contributed by atoms with Crippen LogP contribution in [0.1, 0.15) is 13.8 Å². The van der Waals surface area contributed by atoms with E-state index in [2.05, 4.69) is 43.1 Å². The van der Waals surface area contributed by atoms with Gasteiger partial charge in [-0.3, -0.25) is 0 Å². The molecule has 0 saturated heterocycles. The first kappa shape index (κ1) is 12.3. The Balaban J connectivity index is 2.75. The van der Waals surface area contributed by atoms with Gasteiger partial charge in [0.15, 0.2) is 0 Å². The Labute approximate surface area is 98.3 Å². The lowest BCUT2D eigenvalue weighted by molar-refractivity contribution is 0.907. The van der Waals surface area contributed by atoms with Gasteiger partial charge in [0.25, 0.3) is 0 Å². The summed E-state index contributed by atoms with van der Waals surface area (Å²) >= 11 is 0. The maximum atomic E-state index is 3.79. The summed E-state index contributed by atoms with van der Waals surface area (Å²) < 4.78 is 0. The van der Waals surface area contributed by atoms with Gasteiger partial charge < -0.3 is 5.32 Å². The molecule has 16 heavy (non-hydrogen) atoms. The van der Waals surface area contributed by atoms with Crippen LogP contribution >= 0.6 is 0 Å². The van der Waals surface area contributed by atoms with Gasteiger partial charge in [-0.15, -0.1) is 0 Å². The van der Waals surface area contributed by atoms with Crippen LogP contribution in [0.4, 0.5) is 0 Å². The third kappa shape index (κ3) is 4.18. The van der Waals surface area contributed by atoms with Crippen molar-refractivity contribution in [1.29, 1.82) is 0 Å². The van der Waals surface area contributed by atoms with E-state index >= 15 is 0 Å². The Morgan fingerprint density at radius 2 is 2.25 bits per heavy atom. The van der Waals surface area contributed by atoms with Crippen molar-refractivity contribution in [3.63, 3.8) is 0 Å². The van der Waals surface area contributed by atoms with Crippen LogP contribution < -0.4 is 5.32 Å². The van der Waals surface area contributed by atoms with Gasteiger partial charge in [0, 0.05) is 11.4 Å². The van der Waals surface area contributed by atoms with E-state index in [1.807, 2.05) is 37.3 Å². The summed E-state index contributed by atoms with van der Waals surface area (Å²) in [6, 6.07) is 0. The van der Waals surface area contributed by atoms with Crippen molar-refractivity contribution >= 4 is 0 Å². The lowest BCUT2D eigenvalue weighted by Crippen LogP contribution is -2.10. The highest BCUT2D eigenvalue weighted by atomic mass is 14.9. The molecule has 1 unspecified atom stereocenters. The van der Waals surface area contributed by atoms with E-state index in [1.54, 1.807) is 0 Å². The lowest BCUT2D eigenvalue weighted by atomic mass is 10.1. The zero-order valence-electron chi connectivity index (χ0n) is 9.98. The van der Waals surface area contributed by atoms with E-state index in [4.69, 9.17) is 0 Å². The van der Waals surface area contributed by atoms with Crippen molar-refractivity contribution < 1.29 is 0 Å². The molecule has 0 fully saturated rings. The fourth-order valence-corrected chi connectivity index (χ4v) is 1.40. The van der Waals surface area contributed by atoms with E-state index in [0.29, 0.717) is 5.92 Å². The van der Waals surface area contributed by atoms with Crippen molar-refractivity contribution in [2.75, 3.05) is 0 Å². The number of allylic oxidation sites excluding steroid dienone is 9. The molecule has 0 heterocycles. The summed E-state index contributed by atoms with van der Waals surface area (Å²) in [5, 5.41) is 3.34. The first-order chi connectivity index (χ1) is 7.76. The smallest absolute Gasteiger partial charge is 0.0378 e. The lowest BCUT2D eigenvalue weighted by Gasteiger charge is -2.08. The molecule has 0 aromatic carbocycles. The van der Waals surface area contributed by atoms with E-state index in [9.17, 15) is 0 Å². The maximum absolute atomic E-state index is 3.79. The monoisotopic (exact) mass is 213 g/mol. The average molecular weight is 213 g/mol. The topological polar surface area (TPSA) is 12.0 Å². The molecule has 1 heteroatoms. The van der Waals surface area contributed by atoms with E-state index < -0.39 is 0 Å². The average Bonchev–Trinajstić information content (AvgIpc) is 2.48. The van der Waals surface area contributed by atoms with Crippen LogP contribution in [-0.4, -0.2) is 0 Å². The van der Waals surface area contributed by atoms with Crippen LogP contribution in [0.25, 0.3) is 0 Å². The highest BCUT2D eigenvalue weighted by molar-refractivity contribution is 5.32. The molecule has 1 aliphatic rings. The van der Waals surface area contributed by atoms with E-state index in [-0.39, 0.29) is 0 Å². The molecular formula is C15H19N. The molecule has 0 aromatic rings. The Kier molecular flexibility index (Phi) is 5.13.